The van der Waals surface area contributed by atoms with E-state index in [4.69, 9.17) is 9.47 Å². The van der Waals surface area contributed by atoms with Crippen molar-refractivity contribution >= 4 is 22.6 Å². The Bertz CT molecular complexity index is 200. The van der Waals surface area contributed by atoms with E-state index in [9.17, 15) is 0 Å². The minimum atomic E-state index is -0.0930. The van der Waals surface area contributed by atoms with Crippen LogP contribution in [0.2, 0.25) is 0 Å². The molecule has 0 heterocycles. The monoisotopic (exact) mass is 338 g/mol. The van der Waals surface area contributed by atoms with Crippen LogP contribution in [0.5, 0.6) is 0 Å². The topological polar surface area (TPSA) is 18.5 Å². The molecule has 2 atom stereocenters. The van der Waals surface area contributed by atoms with Crippen LogP contribution in [0.1, 0.15) is 46.0 Å². The van der Waals surface area contributed by atoms with Crippen molar-refractivity contribution in [2.75, 3.05) is 6.61 Å². The highest BCUT2D eigenvalue weighted by atomic mass is 127. The molecule has 0 aromatic heterocycles. The molecule has 1 unspecified atom stereocenters. The molecule has 0 saturated heterocycles. The highest BCUT2D eigenvalue weighted by molar-refractivity contribution is 14.1. The van der Waals surface area contributed by atoms with E-state index in [1.807, 2.05) is 13.8 Å². The summed E-state index contributed by atoms with van der Waals surface area (Å²) in [5.41, 5.74) is 0. The molecule has 0 amide bonds. The van der Waals surface area contributed by atoms with E-state index in [0.29, 0.717) is 12.5 Å². The van der Waals surface area contributed by atoms with E-state index in [2.05, 4.69) is 32.7 Å². The average Bonchev–Trinajstić information content (AvgIpc) is 2.30. The molecule has 0 aromatic carbocycles. The second-order valence-corrected chi connectivity index (χ2v) is 5.06. The third kappa shape index (κ3) is 5.15. The number of halogens is 1. The predicted molar refractivity (Wildman–Crippen MR) is 75.7 cm³/mol. The van der Waals surface area contributed by atoms with Gasteiger partial charge in [-0.1, -0.05) is 41.9 Å². The van der Waals surface area contributed by atoms with E-state index >= 15 is 0 Å². The maximum atomic E-state index is 5.96. The van der Waals surface area contributed by atoms with Gasteiger partial charge in [-0.15, -0.1) is 0 Å². The number of hydrogen-bond acceptors (Lipinski definition) is 2. The van der Waals surface area contributed by atoms with Gasteiger partial charge in [-0.25, -0.2) is 0 Å². The van der Waals surface area contributed by atoms with Gasteiger partial charge in [-0.2, -0.15) is 0 Å². The van der Waals surface area contributed by atoms with Crippen molar-refractivity contribution in [3.8, 4) is 0 Å². The Morgan fingerprint density at radius 3 is 2.56 bits per heavy atom. The molecular weight excluding hydrogens is 315 g/mol. The maximum absolute atomic E-state index is 5.96. The van der Waals surface area contributed by atoms with Crippen LogP contribution in [0.4, 0.5) is 0 Å². The molecule has 1 fully saturated rings. The van der Waals surface area contributed by atoms with Crippen LogP contribution in [0.25, 0.3) is 0 Å². The van der Waals surface area contributed by atoms with Crippen LogP contribution in [-0.2, 0) is 9.47 Å². The molecule has 16 heavy (non-hydrogen) atoms. The quantitative estimate of drug-likeness (QED) is 0.532. The van der Waals surface area contributed by atoms with Gasteiger partial charge in [0.15, 0.2) is 6.29 Å². The Morgan fingerprint density at radius 1 is 1.31 bits per heavy atom. The molecule has 1 saturated carbocycles. The lowest BCUT2D eigenvalue weighted by atomic mass is 9.85. The van der Waals surface area contributed by atoms with Crippen LogP contribution in [0, 0.1) is 5.92 Å². The summed E-state index contributed by atoms with van der Waals surface area (Å²) in [5.74, 6) is 0.683. The highest BCUT2D eigenvalue weighted by Crippen LogP contribution is 2.29. The fourth-order valence-electron chi connectivity index (χ4n) is 2.34. The summed E-state index contributed by atoms with van der Waals surface area (Å²) in [6, 6.07) is 0. The summed E-state index contributed by atoms with van der Waals surface area (Å²) in [7, 11) is 0. The molecule has 0 N–H and O–H groups in total. The lowest BCUT2D eigenvalue weighted by Crippen LogP contribution is -2.29. The summed E-state index contributed by atoms with van der Waals surface area (Å²) in [6.07, 6.45) is 8.99. The molecule has 0 aromatic rings. The van der Waals surface area contributed by atoms with E-state index in [1.54, 1.807) is 0 Å². The zero-order valence-corrected chi connectivity index (χ0v) is 12.5. The second kappa shape index (κ2) is 8.48. The molecular formula is C13H23IO2. The Balaban J connectivity index is 2.45. The lowest BCUT2D eigenvalue weighted by molar-refractivity contribution is -0.159. The van der Waals surface area contributed by atoms with Crippen molar-refractivity contribution in [3.63, 3.8) is 0 Å². The van der Waals surface area contributed by atoms with Gasteiger partial charge in [0.1, 0.15) is 0 Å². The summed E-state index contributed by atoms with van der Waals surface area (Å²) in [5, 5.41) is 0. The molecule has 1 aliphatic rings. The number of rotatable bonds is 6. The second-order valence-electron chi connectivity index (χ2n) is 4.34. The number of hydrogen-bond donors (Lipinski definition) is 0. The van der Waals surface area contributed by atoms with Crippen LogP contribution in [0.15, 0.2) is 10.2 Å². The highest BCUT2D eigenvalue weighted by Gasteiger charge is 2.23. The van der Waals surface area contributed by atoms with Gasteiger partial charge < -0.3 is 9.47 Å². The largest absolute Gasteiger partial charge is 0.353 e. The summed E-state index contributed by atoms with van der Waals surface area (Å²) >= 11 is 2.27. The standard InChI is InChI=1S/C13H23IO2/c1-3-15-11(2)16-13(9-10-14)12-7-5-4-6-8-12/h9-13H,3-8H2,1-2H3/b10-9+/t11?,13-/m0/s1. The first-order valence-electron chi connectivity index (χ1n) is 6.31. The molecule has 2 nitrogen and oxygen atoms in total. The Kier molecular flexibility index (Phi) is 7.66. The molecule has 0 spiro atoms. The molecule has 1 aliphatic carbocycles. The fraction of sp³-hybridized carbons (Fsp3) is 0.846. The van der Waals surface area contributed by atoms with E-state index in [1.165, 1.54) is 32.1 Å². The van der Waals surface area contributed by atoms with Crippen molar-refractivity contribution < 1.29 is 9.47 Å². The normalized spacial score (nSPS) is 22.4. The number of ether oxygens (including phenoxy) is 2. The maximum Gasteiger partial charge on any atom is 0.155 e. The van der Waals surface area contributed by atoms with Crippen molar-refractivity contribution in [3.05, 3.63) is 10.2 Å². The smallest absolute Gasteiger partial charge is 0.155 e. The van der Waals surface area contributed by atoms with Crippen LogP contribution in [-0.4, -0.2) is 19.0 Å². The minimum absolute atomic E-state index is 0.0930. The molecule has 1 rings (SSSR count). The molecule has 3 heteroatoms. The van der Waals surface area contributed by atoms with Crippen LogP contribution in [0.3, 0.4) is 0 Å². The van der Waals surface area contributed by atoms with Gasteiger partial charge in [0.25, 0.3) is 0 Å². The van der Waals surface area contributed by atoms with Gasteiger partial charge in [0.05, 0.1) is 6.10 Å². The zero-order chi connectivity index (χ0) is 11.8. The third-order valence-corrected chi connectivity index (χ3v) is 3.54. The first-order chi connectivity index (χ1) is 7.77. The average molecular weight is 338 g/mol. The summed E-state index contributed by atoms with van der Waals surface area (Å²) in [4.78, 5) is 0. The predicted octanol–water partition coefficient (Wildman–Crippen LogP) is 4.28. The molecule has 94 valence electrons. The minimum Gasteiger partial charge on any atom is -0.353 e. The third-order valence-electron chi connectivity index (χ3n) is 3.13. The summed E-state index contributed by atoms with van der Waals surface area (Å²) in [6.45, 7) is 4.70. The summed E-state index contributed by atoms with van der Waals surface area (Å²) < 4.78 is 13.5. The molecule has 0 bridgehead atoms. The van der Waals surface area contributed by atoms with Gasteiger partial charge in [0, 0.05) is 6.61 Å². The van der Waals surface area contributed by atoms with Crippen molar-refractivity contribution in [1.29, 1.82) is 0 Å². The van der Waals surface area contributed by atoms with Gasteiger partial charge in [0.2, 0.25) is 0 Å². The Morgan fingerprint density at radius 2 is 2.00 bits per heavy atom. The molecule has 0 radical (unpaired) electrons. The fourth-order valence-corrected chi connectivity index (χ4v) is 2.75. The van der Waals surface area contributed by atoms with Gasteiger partial charge in [-0.05, 0) is 42.8 Å². The molecule has 0 aliphatic heterocycles. The van der Waals surface area contributed by atoms with Gasteiger partial charge in [-0.3, -0.25) is 0 Å². The van der Waals surface area contributed by atoms with Gasteiger partial charge >= 0.3 is 0 Å². The lowest BCUT2D eigenvalue weighted by Gasteiger charge is -2.30. The zero-order valence-electron chi connectivity index (χ0n) is 10.3. The van der Waals surface area contributed by atoms with E-state index < -0.39 is 0 Å². The first-order valence-corrected chi connectivity index (χ1v) is 7.56. The Labute approximate surface area is 113 Å². The van der Waals surface area contributed by atoms with E-state index in [-0.39, 0.29) is 12.4 Å². The van der Waals surface area contributed by atoms with Crippen LogP contribution < -0.4 is 0 Å². The van der Waals surface area contributed by atoms with Crippen molar-refractivity contribution in [1.82, 2.24) is 0 Å². The van der Waals surface area contributed by atoms with Crippen molar-refractivity contribution in [2.45, 2.75) is 58.3 Å². The van der Waals surface area contributed by atoms with E-state index in [0.717, 1.165) is 0 Å². The first kappa shape index (κ1) is 14.5. The Hall–Kier alpha value is 0.390. The SMILES string of the molecule is CCOC(C)O[C@@H](/C=C/I)C1CCCCC1. The van der Waals surface area contributed by atoms with Crippen LogP contribution >= 0.6 is 22.6 Å². The van der Waals surface area contributed by atoms with Crippen molar-refractivity contribution in [2.24, 2.45) is 5.92 Å².